The smallest absolute Gasteiger partial charge is 0.287 e. The molecule has 2 aromatic heterocycles. The third-order valence-electron chi connectivity index (χ3n) is 7.32. The summed E-state index contributed by atoms with van der Waals surface area (Å²) < 4.78 is 58.5. The van der Waals surface area contributed by atoms with Crippen LogP contribution >= 0.6 is 0 Å². The minimum Gasteiger partial charge on any atom is -0.451 e. The lowest BCUT2D eigenvalue weighted by Crippen LogP contribution is -2.53. The summed E-state index contributed by atoms with van der Waals surface area (Å²) in [5.41, 5.74) is 0.502. The lowest BCUT2D eigenvalue weighted by Gasteiger charge is -2.27. The van der Waals surface area contributed by atoms with E-state index in [0.29, 0.717) is 15.3 Å². The average molecular weight is 570 g/mol. The maximum atomic E-state index is 13.7. The molecule has 2 amide bonds. The number of rotatable bonds is 8. The van der Waals surface area contributed by atoms with Gasteiger partial charge in [0.05, 0.1) is 16.6 Å². The number of aromatic nitrogens is 1. The standard InChI is InChI=1S/C29H34N4O6S/c34-24-19-33(40(37,38)27-14-6-7-15-30-27)16-8-12-22(24)31-28(35)23(17-20-9-2-1-3-10-20)32-29(36)26-18-21-11-4-5-13-25(21)39-26/h4-7,11,13-15,18,20,22-23H,1-3,8-10,12,16-17,19H2,(H,31,35)(H,32,36)/t22-,23-/m0/s1/i19D2,22D. The molecule has 0 unspecified atom stereocenters. The van der Waals surface area contributed by atoms with E-state index in [-0.39, 0.29) is 30.9 Å². The molecule has 1 saturated heterocycles. The van der Waals surface area contributed by atoms with E-state index < -0.39 is 57.7 Å². The van der Waals surface area contributed by atoms with E-state index in [0.717, 1.165) is 32.1 Å². The minimum atomic E-state index is -4.53. The Hall–Kier alpha value is -3.57. The molecule has 1 aliphatic carbocycles. The zero-order valence-corrected chi connectivity index (χ0v) is 22.8. The molecule has 3 heterocycles. The van der Waals surface area contributed by atoms with Gasteiger partial charge in [0.1, 0.15) is 11.6 Å². The molecule has 2 fully saturated rings. The topological polar surface area (TPSA) is 139 Å². The molecule has 2 N–H and O–H groups in total. The van der Waals surface area contributed by atoms with Crippen molar-refractivity contribution in [2.45, 2.75) is 68.5 Å². The van der Waals surface area contributed by atoms with E-state index in [9.17, 15) is 22.8 Å². The Labute approximate surface area is 237 Å². The highest BCUT2D eigenvalue weighted by molar-refractivity contribution is 7.89. The fraction of sp³-hybridized carbons (Fsp3) is 0.448. The molecule has 212 valence electrons. The molecule has 11 heteroatoms. The summed E-state index contributed by atoms with van der Waals surface area (Å²) in [5.74, 6) is -2.76. The number of sulfonamides is 1. The van der Waals surface area contributed by atoms with E-state index in [1.165, 1.54) is 24.4 Å². The van der Waals surface area contributed by atoms with Gasteiger partial charge >= 0.3 is 0 Å². The Kier molecular flexibility index (Phi) is 7.46. The molecular weight excluding hydrogens is 532 g/mol. The van der Waals surface area contributed by atoms with Gasteiger partial charge in [0.15, 0.2) is 16.6 Å². The lowest BCUT2D eigenvalue weighted by atomic mass is 9.84. The summed E-state index contributed by atoms with van der Waals surface area (Å²) in [6, 6.07) is 9.13. The van der Waals surface area contributed by atoms with Crippen molar-refractivity contribution in [2.75, 3.05) is 13.0 Å². The minimum absolute atomic E-state index is 0.000442. The molecule has 1 saturated carbocycles. The van der Waals surface area contributed by atoms with E-state index in [4.69, 9.17) is 8.53 Å². The number of nitrogens with one attached hydrogen (secondary N) is 2. The van der Waals surface area contributed by atoms with Gasteiger partial charge in [0.25, 0.3) is 15.9 Å². The van der Waals surface area contributed by atoms with Gasteiger partial charge in [-0.25, -0.2) is 13.4 Å². The number of para-hydroxylation sites is 1. The monoisotopic (exact) mass is 569 g/mol. The number of carbonyl (C=O) groups is 3. The zero-order valence-electron chi connectivity index (χ0n) is 25.0. The Morgan fingerprint density at radius 1 is 1.10 bits per heavy atom. The largest absolute Gasteiger partial charge is 0.451 e. The molecule has 1 aromatic carbocycles. The Morgan fingerprint density at radius 3 is 2.62 bits per heavy atom. The summed E-state index contributed by atoms with van der Waals surface area (Å²) in [6.07, 6.45) is 5.85. The van der Waals surface area contributed by atoms with Crippen LogP contribution in [0.4, 0.5) is 0 Å². The van der Waals surface area contributed by atoms with Crippen molar-refractivity contribution in [3.63, 3.8) is 0 Å². The van der Waals surface area contributed by atoms with Gasteiger partial charge in [-0.1, -0.05) is 56.4 Å². The van der Waals surface area contributed by atoms with Crippen molar-refractivity contribution in [3.8, 4) is 0 Å². The zero-order chi connectivity index (χ0) is 30.8. The molecule has 5 rings (SSSR count). The number of ketones is 1. The van der Waals surface area contributed by atoms with Gasteiger partial charge in [0, 0.05) is 18.1 Å². The van der Waals surface area contributed by atoms with Crippen molar-refractivity contribution < 1.29 is 31.3 Å². The van der Waals surface area contributed by atoms with Crippen molar-refractivity contribution in [1.82, 2.24) is 19.9 Å². The molecule has 2 aliphatic rings. The van der Waals surface area contributed by atoms with Gasteiger partial charge in [-0.2, -0.15) is 4.31 Å². The third-order valence-corrected chi connectivity index (χ3v) is 8.94. The number of carbonyl (C=O) groups excluding carboxylic acids is 3. The Morgan fingerprint density at radius 2 is 1.88 bits per heavy atom. The molecule has 3 aromatic rings. The maximum absolute atomic E-state index is 13.7. The number of furan rings is 1. The molecule has 0 radical (unpaired) electrons. The summed E-state index contributed by atoms with van der Waals surface area (Å²) in [7, 11) is -4.53. The summed E-state index contributed by atoms with van der Waals surface area (Å²) in [6.45, 7) is -3.55. The highest BCUT2D eigenvalue weighted by Crippen LogP contribution is 2.28. The number of pyridine rings is 1. The second-order valence-corrected chi connectivity index (χ2v) is 12.0. The molecule has 1 aliphatic heterocycles. The van der Waals surface area contributed by atoms with E-state index in [1.54, 1.807) is 30.3 Å². The van der Waals surface area contributed by atoms with Crippen LogP contribution in [0.1, 0.15) is 66.0 Å². The highest BCUT2D eigenvalue weighted by atomic mass is 32.2. The SMILES string of the molecule is [2H]C1([2H])C(=O)[C@@]([2H])(NC(=O)[C@H](CC2CCCCC2)NC(=O)c2cc3ccccc3o2)CCCN1S(=O)(=O)c1ccccn1. The second-order valence-electron chi connectivity index (χ2n) is 10.2. The molecule has 10 nitrogen and oxygen atoms in total. The van der Waals surface area contributed by atoms with Crippen LogP contribution in [-0.4, -0.2) is 60.4 Å². The Bertz CT molecular complexity index is 1580. The van der Waals surface area contributed by atoms with E-state index in [2.05, 4.69) is 15.6 Å². The second kappa shape index (κ2) is 12.3. The van der Waals surface area contributed by atoms with E-state index in [1.807, 2.05) is 0 Å². The summed E-state index contributed by atoms with van der Waals surface area (Å²) in [5, 5.41) is 5.36. The van der Waals surface area contributed by atoms with Crippen LogP contribution in [-0.2, 0) is 19.6 Å². The predicted octanol–water partition coefficient (Wildman–Crippen LogP) is 3.44. The predicted molar refractivity (Wildman–Crippen MR) is 148 cm³/mol. The quantitative estimate of drug-likeness (QED) is 0.424. The van der Waals surface area contributed by atoms with Gasteiger partial charge in [-0.3, -0.25) is 14.4 Å². The molecule has 0 bridgehead atoms. The van der Waals surface area contributed by atoms with Crippen molar-refractivity contribution >= 4 is 38.6 Å². The molecule has 2 atom stereocenters. The van der Waals surface area contributed by atoms with Crippen LogP contribution in [0.25, 0.3) is 11.0 Å². The number of benzene rings is 1. The normalized spacial score (nSPS) is 24.3. The number of fused-ring (bicyclic) bond motifs is 1. The van der Waals surface area contributed by atoms with Crippen LogP contribution in [0.3, 0.4) is 0 Å². The van der Waals surface area contributed by atoms with Crippen LogP contribution in [0.5, 0.6) is 0 Å². The summed E-state index contributed by atoms with van der Waals surface area (Å²) in [4.78, 5) is 44.3. The van der Waals surface area contributed by atoms with Crippen molar-refractivity contribution in [1.29, 1.82) is 0 Å². The third kappa shape index (κ3) is 6.42. The maximum Gasteiger partial charge on any atom is 0.287 e. The van der Waals surface area contributed by atoms with Crippen molar-refractivity contribution in [3.05, 3.63) is 60.5 Å². The number of hydrogen-bond donors (Lipinski definition) is 2. The van der Waals surface area contributed by atoms with Gasteiger partial charge in [-0.05, 0) is 49.4 Å². The fourth-order valence-corrected chi connectivity index (χ4v) is 6.45. The number of Topliss-reactive ketones (excluding diaryl/α,β-unsaturated/α-hetero) is 1. The van der Waals surface area contributed by atoms with Gasteiger partial charge in [0.2, 0.25) is 5.91 Å². The average Bonchev–Trinajstić information content (AvgIpc) is 3.41. The fourth-order valence-electron chi connectivity index (χ4n) is 5.21. The molecule has 0 spiro atoms. The van der Waals surface area contributed by atoms with Crippen LogP contribution in [0.15, 0.2) is 64.2 Å². The lowest BCUT2D eigenvalue weighted by molar-refractivity contribution is -0.129. The first-order valence-electron chi connectivity index (χ1n) is 15.0. The first-order valence-corrected chi connectivity index (χ1v) is 15.0. The number of hydrogen-bond acceptors (Lipinski definition) is 7. The first kappa shape index (κ1) is 24.2. The first-order chi connectivity index (χ1) is 20.4. The van der Waals surface area contributed by atoms with Gasteiger partial charge in [-0.15, -0.1) is 0 Å². The van der Waals surface area contributed by atoms with Crippen LogP contribution < -0.4 is 10.6 Å². The number of nitrogens with zero attached hydrogens (tertiary/aromatic N) is 2. The van der Waals surface area contributed by atoms with Gasteiger partial charge < -0.3 is 15.1 Å². The molecular formula is C29H34N4O6S. The van der Waals surface area contributed by atoms with Crippen molar-refractivity contribution in [2.24, 2.45) is 5.92 Å². The number of amides is 2. The highest BCUT2D eigenvalue weighted by Gasteiger charge is 2.35. The van der Waals surface area contributed by atoms with Crippen LogP contribution in [0, 0.1) is 5.92 Å². The molecule has 40 heavy (non-hydrogen) atoms. The Balaban J connectivity index is 1.38. The van der Waals surface area contributed by atoms with E-state index >= 15 is 0 Å². The van der Waals surface area contributed by atoms with Crippen LogP contribution in [0.2, 0.25) is 0 Å². The summed E-state index contributed by atoms with van der Waals surface area (Å²) >= 11 is 0.